The molecule has 0 unspecified atom stereocenters. The van der Waals surface area contributed by atoms with Gasteiger partial charge in [-0.2, -0.15) is 0 Å². The number of nitro groups is 1. The van der Waals surface area contributed by atoms with Gasteiger partial charge >= 0.3 is 5.97 Å². The number of aliphatic carboxylic acids is 1. The Labute approximate surface area is 175 Å². The molecule has 152 valence electrons. The number of hydrogen-bond acceptors (Lipinski definition) is 5. The highest BCUT2D eigenvalue weighted by atomic mass is 79.9. The second-order valence-corrected chi connectivity index (χ2v) is 7.40. The van der Waals surface area contributed by atoms with E-state index in [9.17, 15) is 24.8 Å². The Morgan fingerprint density at radius 2 is 1.97 bits per heavy atom. The third kappa shape index (κ3) is 3.95. The molecule has 3 rings (SSSR count). The number of carboxylic acid groups (broad SMARTS) is 1. The fourth-order valence-corrected chi connectivity index (χ4v) is 3.91. The minimum Gasteiger partial charge on any atom is -0.497 e. The van der Waals surface area contributed by atoms with Crippen LogP contribution in [0.4, 0.5) is 5.69 Å². The van der Waals surface area contributed by atoms with Crippen LogP contribution in [0.15, 0.2) is 42.5 Å². The van der Waals surface area contributed by atoms with Crippen LogP contribution in [0.25, 0.3) is 0 Å². The smallest absolute Gasteiger partial charge is 0.313 e. The highest BCUT2D eigenvalue weighted by molar-refractivity contribution is 9.09. The molecule has 2 atom stereocenters. The third-order valence-electron chi connectivity index (χ3n) is 4.98. The first kappa shape index (κ1) is 20.8. The van der Waals surface area contributed by atoms with Crippen LogP contribution in [0, 0.1) is 10.1 Å². The molecular formula is C20H19BrN2O6. The van der Waals surface area contributed by atoms with Gasteiger partial charge in [0.2, 0.25) is 0 Å². The maximum atomic E-state index is 13.2. The van der Waals surface area contributed by atoms with Crippen LogP contribution in [0.2, 0.25) is 0 Å². The number of nitrogens with zero attached hydrogens (tertiary/aromatic N) is 2. The van der Waals surface area contributed by atoms with Crippen molar-refractivity contribution in [3.05, 3.63) is 69.3 Å². The Balaban J connectivity index is 2.18. The number of hydrogen-bond donors (Lipinski definition) is 1. The number of alkyl halides is 1. The molecule has 0 fully saturated rings. The first-order valence-corrected chi connectivity index (χ1v) is 10.0. The first-order valence-electron chi connectivity index (χ1n) is 8.91. The van der Waals surface area contributed by atoms with Crippen molar-refractivity contribution in [2.45, 2.75) is 18.4 Å². The van der Waals surface area contributed by atoms with Gasteiger partial charge in [0, 0.05) is 24.0 Å². The van der Waals surface area contributed by atoms with Gasteiger partial charge in [-0.05, 0) is 29.7 Å². The van der Waals surface area contributed by atoms with Crippen LogP contribution in [-0.4, -0.2) is 45.8 Å². The second-order valence-electron chi connectivity index (χ2n) is 6.60. The summed E-state index contributed by atoms with van der Waals surface area (Å²) in [5, 5.41) is 21.8. The van der Waals surface area contributed by atoms with E-state index in [1.807, 2.05) is 0 Å². The molecule has 0 aliphatic carbocycles. The number of ether oxygens (including phenoxy) is 1. The van der Waals surface area contributed by atoms with Crippen LogP contribution in [0.3, 0.4) is 0 Å². The summed E-state index contributed by atoms with van der Waals surface area (Å²) in [7, 11) is 1.53. The van der Waals surface area contributed by atoms with E-state index in [1.54, 1.807) is 24.3 Å². The zero-order valence-corrected chi connectivity index (χ0v) is 17.2. The summed E-state index contributed by atoms with van der Waals surface area (Å²) < 4.78 is 5.17. The highest BCUT2D eigenvalue weighted by Crippen LogP contribution is 2.44. The predicted molar refractivity (Wildman–Crippen MR) is 109 cm³/mol. The average Bonchev–Trinajstić information content (AvgIpc) is 2.72. The summed E-state index contributed by atoms with van der Waals surface area (Å²) in [5.74, 6) is -1.95. The lowest BCUT2D eigenvalue weighted by Crippen LogP contribution is -2.45. The first-order chi connectivity index (χ1) is 13.9. The normalized spacial score (nSPS) is 18.3. The molecule has 8 nitrogen and oxygen atoms in total. The molecule has 1 aliphatic heterocycles. The van der Waals surface area contributed by atoms with E-state index in [4.69, 9.17) is 4.74 Å². The quantitative estimate of drug-likeness (QED) is 0.381. The maximum absolute atomic E-state index is 13.2. The molecule has 0 bridgehead atoms. The minimum atomic E-state index is -1.10. The number of carbonyl (C=O) groups is 2. The van der Waals surface area contributed by atoms with Gasteiger partial charge in [0.15, 0.2) is 0 Å². The molecule has 2 aromatic carbocycles. The summed E-state index contributed by atoms with van der Waals surface area (Å²) in [5.41, 5.74) is 0.754. The number of halogens is 1. The van der Waals surface area contributed by atoms with Gasteiger partial charge in [0.25, 0.3) is 11.6 Å². The number of carboxylic acids is 1. The largest absolute Gasteiger partial charge is 0.497 e. The monoisotopic (exact) mass is 462 g/mol. The third-order valence-corrected chi connectivity index (χ3v) is 5.54. The Kier molecular flexibility index (Phi) is 6.17. The number of benzene rings is 2. The minimum absolute atomic E-state index is 0.0611. The van der Waals surface area contributed by atoms with Crippen LogP contribution in [0.1, 0.15) is 39.9 Å². The summed E-state index contributed by atoms with van der Waals surface area (Å²) in [4.78, 5) is 37.6. The lowest BCUT2D eigenvalue weighted by atomic mass is 9.79. The lowest BCUT2D eigenvalue weighted by molar-refractivity contribution is -0.384. The van der Waals surface area contributed by atoms with Crippen molar-refractivity contribution in [1.82, 2.24) is 4.90 Å². The van der Waals surface area contributed by atoms with E-state index < -0.39 is 28.8 Å². The van der Waals surface area contributed by atoms with Gasteiger partial charge in [-0.3, -0.25) is 19.7 Å². The Morgan fingerprint density at radius 3 is 2.52 bits per heavy atom. The standard InChI is InChI=1S/C20H19BrN2O6/c1-29-14-6-3-12(4-7-14)18-17(20(25)26)15-8-5-13(23(27)28)11-16(15)19(24)22(18)10-2-9-21/h3-8,11,17-18H,2,9-10H2,1H3,(H,25,26)/t17-,18-/m1/s1. The number of carbonyl (C=O) groups excluding carboxylic acids is 1. The number of methoxy groups -OCH3 is 1. The van der Waals surface area contributed by atoms with Crippen LogP contribution in [-0.2, 0) is 4.79 Å². The SMILES string of the molecule is COc1ccc([C@@H]2[C@H](C(=O)O)c3ccc([N+](=O)[O-])cc3C(=O)N2CCCBr)cc1. The van der Waals surface area contributed by atoms with Gasteiger partial charge in [0.05, 0.1) is 23.6 Å². The van der Waals surface area contributed by atoms with E-state index >= 15 is 0 Å². The molecule has 0 saturated heterocycles. The number of non-ortho nitro benzene ring substituents is 1. The zero-order valence-electron chi connectivity index (χ0n) is 15.6. The maximum Gasteiger partial charge on any atom is 0.313 e. The molecular weight excluding hydrogens is 444 g/mol. The van der Waals surface area contributed by atoms with Crippen molar-refractivity contribution in [1.29, 1.82) is 0 Å². The van der Waals surface area contributed by atoms with Gasteiger partial charge in [-0.15, -0.1) is 0 Å². The molecule has 1 heterocycles. The number of amides is 1. The fourth-order valence-electron chi connectivity index (χ4n) is 3.66. The van der Waals surface area contributed by atoms with Crippen molar-refractivity contribution in [3.63, 3.8) is 0 Å². The van der Waals surface area contributed by atoms with Crippen LogP contribution in [0.5, 0.6) is 5.75 Å². The van der Waals surface area contributed by atoms with Gasteiger partial charge < -0.3 is 14.7 Å². The van der Waals surface area contributed by atoms with Crippen molar-refractivity contribution >= 4 is 33.5 Å². The van der Waals surface area contributed by atoms with Gasteiger partial charge in [-0.25, -0.2) is 0 Å². The summed E-state index contributed by atoms with van der Waals surface area (Å²) in [6.07, 6.45) is 0.606. The fraction of sp³-hybridized carbons (Fsp3) is 0.300. The molecule has 1 amide bonds. The van der Waals surface area contributed by atoms with E-state index in [0.29, 0.717) is 29.6 Å². The van der Waals surface area contributed by atoms with E-state index in [0.717, 1.165) is 0 Å². The van der Waals surface area contributed by atoms with Crippen molar-refractivity contribution in [2.75, 3.05) is 19.0 Å². The molecule has 0 spiro atoms. The van der Waals surface area contributed by atoms with Crippen LogP contribution >= 0.6 is 15.9 Å². The number of nitro benzene ring substituents is 1. The number of rotatable bonds is 7. The van der Waals surface area contributed by atoms with Crippen molar-refractivity contribution < 1.29 is 24.4 Å². The highest BCUT2D eigenvalue weighted by Gasteiger charge is 2.44. The van der Waals surface area contributed by atoms with Crippen molar-refractivity contribution in [2.24, 2.45) is 0 Å². The van der Waals surface area contributed by atoms with Gasteiger partial charge in [-0.1, -0.05) is 34.1 Å². The Bertz CT molecular complexity index is 946. The van der Waals surface area contributed by atoms with E-state index in [-0.39, 0.29) is 16.8 Å². The molecule has 1 N–H and O–H groups in total. The molecule has 2 aromatic rings. The van der Waals surface area contributed by atoms with Crippen LogP contribution < -0.4 is 4.74 Å². The zero-order chi connectivity index (χ0) is 21.1. The molecule has 0 saturated carbocycles. The molecule has 0 aromatic heterocycles. The van der Waals surface area contributed by atoms with E-state index in [2.05, 4.69) is 15.9 Å². The van der Waals surface area contributed by atoms with Gasteiger partial charge in [0.1, 0.15) is 11.7 Å². The molecule has 1 aliphatic rings. The lowest BCUT2D eigenvalue weighted by Gasteiger charge is -2.40. The summed E-state index contributed by atoms with van der Waals surface area (Å²) in [6.45, 7) is 0.312. The summed E-state index contributed by atoms with van der Waals surface area (Å²) >= 11 is 3.34. The summed E-state index contributed by atoms with van der Waals surface area (Å²) in [6, 6.07) is 9.95. The topological polar surface area (TPSA) is 110 Å². The Hall–Kier alpha value is -2.94. The molecule has 29 heavy (non-hydrogen) atoms. The predicted octanol–water partition coefficient (Wildman–Crippen LogP) is 3.75. The number of fused-ring (bicyclic) bond motifs is 1. The Morgan fingerprint density at radius 1 is 1.28 bits per heavy atom. The van der Waals surface area contributed by atoms with Crippen molar-refractivity contribution in [3.8, 4) is 5.75 Å². The van der Waals surface area contributed by atoms with E-state index in [1.165, 1.54) is 30.2 Å². The second kappa shape index (κ2) is 8.60. The molecule has 0 radical (unpaired) electrons. The average molecular weight is 463 g/mol. The molecule has 9 heteroatoms.